The summed E-state index contributed by atoms with van der Waals surface area (Å²) in [5, 5.41) is 4.91. The molecule has 38 heavy (non-hydrogen) atoms. The summed E-state index contributed by atoms with van der Waals surface area (Å²) in [4.78, 5) is 37.1. The number of pyridine rings is 2. The number of carbonyl (C=O) groups excluding carboxylic acids is 2. The minimum Gasteiger partial charge on any atom is -0.479 e. The molecule has 3 aromatic heterocycles. The Morgan fingerprint density at radius 1 is 1.13 bits per heavy atom. The molecule has 1 atom stereocenters. The van der Waals surface area contributed by atoms with Crippen LogP contribution in [0.25, 0.3) is 16.9 Å². The highest BCUT2D eigenvalue weighted by molar-refractivity contribution is 5.92. The standard InChI is InChI=1S/C27H31FN6O4/c1-4-5-23(33-16-24(35)32(2)15-25(33)36)21-12-17(6-9-29-21)26-19-7-10-38-11-8-22(19)34(31-26)18-13-20(28)27(37-3)30-14-18/h6,9,12-14,23H,4-5,7-8,10-11,15-16H2,1-3H3. The van der Waals surface area contributed by atoms with Crippen LogP contribution in [0.4, 0.5) is 4.39 Å². The zero-order valence-corrected chi connectivity index (χ0v) is 21.8. The van der Waals surface area contributed by atoms with E-state index < -0.39 is 5.82 Å². The first-order valence-corrected chi connectivity index (χ1v) is 12.8. The second-order valence-electron chi connectivity index (χ2n) is 9.53. The lowest BCUT2D eigenvalue weighted by Crippen LogP contribution is -2.53. The number of piperazine rings is 1. The Kier molecular flexibility index (Phi) is 7.37. The Hall–Kier alpha value is -3.86. The molecule has 1 fully saturated rings. The third kappa shape index (κ3) is 4.85. The molecule has 11 heteroatoms. The van der Waals surface area contributed by atoms with Gasteiger partial charge in [-0.2, -0.15) is 5.10 Å². The van der Waals surface area contributed by atoms with E-state index in [2.05, 4.69) is 9.97 Å². The molecule has 1 saturated heterocycles. The van der Waals surface area contributed by atoms with Crippen LogP contribution in [0.15, 0.2) is 30.6 Å². The molecular formula is C27H31FN6O4. The molecule has 0 saturated carbocycles. The van der Waals surface area contributed by atoms with Gasteiger partial charge in [0.15, 0.2) is 5.82 Å². The fraction of sp³-hybridized carbons (Fsp3) is 0.444. The SMILES string of the molecule is CCCC(c1cc(-c2nn(-c3cnc(OC)c(F)c3)c3c2CCOCC3)ccn1)N1CC(=O)N(C)CC1=O. The first-order valence-electron chi connectivity index (χ1n) is 12.8. The summed E-state index contributed by atoms with van der Waals surface area (Å²) in [6.45, 7) is 3.22. The van der Waals surface area contributed by atoms with Gasteiger partial charge in [-0.05, 0) is 25.0 Å². The van der Waals surface area contributed by atoms with E-state index in [-0.39, 0.29) is 36.8 Å². The van der Waals surface area contributed by atoms with Gasteiger partial charge in [0, 0.05) is 36.9 Å². The number of halogens is 1. The molecule has 3 aromatic rings. The van der Waals surface area contributed by atoms with Crippen LogP contribution in [0.3, 0.4) is 0 Å². The maximum Gasteiger partial charge on any atom is 0.250 e. The molecule has 0 aliphatic carbocycles. The number of fused-ring (bicyclic) bond motifs is 1. The number of likely N-dealkylation sites (N-methyl/N-ethyl adjacent to an activating group) is 1. The van der Waals surface area contributed by atoms with E-state index in [1.807, 2.05) is 19.1 Å². The molecule has 0 N–H and O–H groups in total. The van der Waals surface area contributed by atoms with Crippen molar-refractivity contribution in [2.75, 3.05) is 40.5 Å². The van der Waals surface area contributed by atoms with Gasteiger partial charge in [-0.3, -0.25) is 14.6 Å². The fourth-order valence-corrected chi connectivity index (χ4v) is 5.11. The van der Waals surface area contributed by atoms with E-state index in [4.69, 9.17) is 14.6 Å². The van der Waals surface area contributed by atoms with E-state index in [0.29, 0.717) is 43.9 Å². The number of ether oxygens (including phenoxy) is 2. The number of amides is 2. The van der Waals surface area contributed by atoms with E-state index in [1.54, 1.807) is 22.8 Å². The first-order chi connectivity index (χ1) is 18.4. The maximum atomic E-state index is 14.5. The van der Waals surface area contributed by atoms with Crippen LogP contribution >= 0.6 is 0 Å². The molecule has 0 spiro atoms. The van der Waals surface area contributed by atoms with E-state index >= 15 is 0 Å². The maximum absolute atomic E-state index is 14.5. The molecular weight excluding hydrogens is 491 g/mol. The smallest absolute Gasteiger partial charge is 0.250 e. The molecule has 2 amide bonds. The van der Waals surface area contributed by atoms with Crippen LogP contribution in [-0.4, -0.2) is 81.8 Å². The number of hydrogen-bond donors (Lipinski definition) is 0. The summed E-state index contributed by atoms with van der Waals surface area (Å²) < 4.78 is 27.0. The number of methoxy groups -OCH3 is 1. The zero-order valence-electron chi connectivity index (χ0n) is 21.8. The van der Waals surface area contributed by atoms with Gasteiger partial charge >= 0.3 is 0 Å². The molecule has 2 aliphatic rings. The molecule has 5 heterocycles. The van der Waals surface area contributed by atoms with Gasteiger partial charge in [0.05, 0.1) is 61.9 Å². The van der Waals surface area contributed by atoms with Crippen molar-refractivity contribution in [3.8, 4) is 22.8 Å². The molecule has 2 aliphatic heterocycles. The highest BCUT2D eigenvalue weighted by atomic mass is 19.1. The fourth-order valence-electron chi connectivity index (χ4n) is 5.11. The third-order valence-corrected chi connectivity index (χ3v) is 7.06. The summed E-state index contributed by atoms with van der Waals surface area (Å²) in [5.41, 5.74) is 4.75. The van der Waals surface area contributed by atoms with Crippen molar-refractivity contribution in [1.29, 1.82) is 0 Å². The number of rotatable bonds is 7. The van der Waals surface area contributed by atoms with Crippen LogP contribution in [0, 0.1) is 5.82 Å². The summed E-state index contributed by atoms with van der Waals surface area (Å²) in [5.74, 6) is -0.831. The first kappa shape index (κ1) is 25.8. The molecule has 1 unspecified atom stereocenters. The predicted molar refractivity (Wildman–Crippen MR) is 136 cm³/mol. The van der Waals surface area contributed by atoms with E-state index in [1.165, 1.54) is 24.3 Å². The van der Waals surface area contributed by atoms with Crippen LogP contribution in [-0.2, 0) is 27.2 Å². The Bertz CT molecular complexity index is 1360. The van der Waals surface area contributed by atoms with Gasteiger partial charge in [0.25, 0.3) is 0 Å². The quantitative estimate of drug-likeness (QED) is 0.470. The van der Waals surface area contributed by atoms with Gasteiger partial charge < -0.3 is 19.3 Å². The van der Waals surface area contributed by atoms with E-state index in [0.717, 1.165) is 28.9 Å². The van der Waals surface area contributed by atoms with Crippen molar-refractivity contribution in [1.82, 2.24) is 29.5 Å². The average molecular weight is 523 g/mol. The summed E-state index contributed by atoms with van der Waals surface area (Å²) in [7, 11) is 3.01. The predicted octanol–water partition coefficient (Wildman–Crippen LogP) is 2.73. The van der Waals surface area contributed by atoms with Crippen LogP contribution in [0.1, 0.15) is 42.8 Å². The Labute approximate surface area is 220 Å². The summed E-state index contributed by atoms with van der Waals surface area (Å²) >= 11 is 0. The zero-order chi connectivity index (χ0) is 26.8. The Morgan fingerprint density at radius 2 is 1.95 bits per heavy atom. The van der Waals surface area contributed by atoms with Gasteiger partial charge in [0.1, 0.15) is 6.54 Å². The number of carbonyl (C=O) groups is 2. The average Bonchev–Trinajstić information content (AvgIpc) is 3.10. The molecule has 10 nitrogen and oxygen atoms in total. The number of hydrogen-bond acceptors (Lipinski definition) is 7. The van der Waals surface area contributed by atoms with Crippen molar-refractivity contribution >= 4 is 11.8 Å². The lowest BCUT2D eigenvalue weighted by atomic mass is 9.99. The second kappa shape index (κ2) is 10.9. The minimum atomic E-state index is -0.569. The summed E-state index contributed by atoms with van der Waals surface area (Å²) in [6.07, 6.45) is 6.01. The normalized spacial score (nSPS) is 16.8. The van der Waals surface area contributed by atoms with Crippen molar-refractivity contribution in [2.45, 2.75) is 38.6 Å². The lowest BCUT2D eigenvalue weighted by Gasteiger charge is -2.37. The van der Waals surface area contributed by atoms with Gasteiger partial charge in [0.2, 0.25) is 17.7 Å². The second-order valence-corrected chi connectivity index (χ2v) is 9.53. The highest BCUT2D eigenvalue weighted by Gasteiger charge is 2.34. The molecule has 0 aromatic carbocycles. The highest BCUT2D eigenvalue weighted by Crippen LogP contribution is 2.33. The van der Waals surface area contributed by atoms with Crippen LogP contribution in [0.5, 0.6) is 5.88 Å². The Morgan fingerprint density at radius 3 is 2.71 bits per heavy atom. The lowest BCUT2D eigenvalue weighted by molar-refractivity contribution is -0.151. The molecule has 0 radical (unpaired) electrons. The van der Waals surface area contributed by atoms with Gasteiger partial charge in [-0.1, -0.05) is 13.3 Å². The topological polar surface area (TPSA) is 103 Å². The number of nitrogens with zero attached hydrogens (tertiary/aromatic N) is 6. The monoisotopic (exact) mass is 522 g/mol. The van der Waals surface area contributed by atoms with Crippen LogP contribution in [0.2, 0.25) is 0 Å². The van der Waals surface area contributed by atoms with E-state index in [9.17, 15) is 14.0 Å². The largest absolute Gasteiger partial charge is 0.479 e. The summed E-state index contributed by atoms with van der Waals surface area (Å²) in [6, 6.07) is 4.87. The minimum absolute atomic E-state index is 0.0311. The number of aromatic nitrogens is 4. The van der Waals surface area contributed by atoms with Gasteiger partial charge in [-0.15, -0.1) is 0 Å². The molecule has 200 valence electrons. The van der Waals surface area contributed by atoms with Crippen molar-refractivity contribution in [2.24, 2.45) is 0 Å². The third-order valence-electron chi connectivity index (χ3n) is 7.06. The van der Waals surface area contributed by atoms with Crippen molar-refractivity contribution < 1.29 is 23.5 Å². The van der Waals surface area contributed by atoms with Crippen molar-refractivity contribution in [3.05, 3.63) is 53.4 Å². The van der Waals surface area contributed by atoms with Crippen molar-refractivity contribution in [3.63, 3.8) is 0 Å². The molecule has 5 rings (SSSR count). The van der Waals surface area contributed by atoms with Crippen LogP contribution < -0.4 is 4.74 Å². The Balaban J connectivity index is 1.57. The molecule has 0 bridgehead atoms. The van der Waals surface area contributed by atoms with Gasteiger partial charge in [-0.25, -0.2) is 14.1 Å².